The molecule has 0 aromatic carbocycles. The highest BCUT2D eigenvalue weighted by Gasteiger charge is 2.31. The summed E-state index contributed by atoms with van der Waals surface area (Å²) in [4.78, 5) is 15.4. The van der Waals surface area contributed by atoms with E-state index in [0.29, 0.717) is 5.69 Å². The zero-order valence-corrected chi connectivity index (χ0v) is 10.6. The summed E-state index contributed by atoms with van der Waals surface area (Å²) in [6.07, 6.45) is 3.80. The van der Waals surface area contributed by atoms with Gasteiger partial charge in [-0.15, -0.1) is 0 Å². The fraction of sp³-hybridized carbons (Fsp3) is 0.615. The van der Waals surface area contributed by atoms with Gasteiger partial charge in [0.2, 0.25) is 0 Å². The number of aromatic nitrogens is 1. The molecule has 1 aliphatic carbocycles. The first-order valence-corrected chi connectivity index (χ1v) is 6.13. The molecular weight excluding hydrogens is 216 g/mol. The summed E-state index contributed by atoms with van der Waals surface area (Å²) >= 11 is 0. The maximum absolute atomic E-state index is 11.1. The van der Waals surface area contributed by atoms with Crippen LogP contribution in [0.25, 0.3) is 0 Å². The first-order chi connectivity index (χ1) is 7.95. The van der Waals surface area contributed by atoms with Crippen LogP contribution in [0.1, 0.15) is 50.6 Å². The van der Waals surface area contributed by atoms with Crippen LogP contribution in [0.4, 0.5) is 5.69 Å². The summed E-state index contributed by atoms with van der Waals surface area (Å²) in [5.41, 5.74) is 2.72. The molecule has 0 bridgehead atoms. The van der Waals surface area contributed by atoms with Crippen molar-refractivity contribution < 1.29 is 4.92 Å². The van der Waals surface area contributed by atoms with E-state index in [-0.39, 0.29) is 16.0 Å². The van der Waals surface area contributed by atoms with Crippen LogP contribution in [0.2, 0.25) is 0 Å². The van der Waals surface area contributed by atoms with Crippen molar-refractivity contribution in [3.63, 3.8) is 0 Å². The summed E-state index contributed by atoms with van der Waals surface area (Å²) < 4.78 is 0. The number of hydrogen-bond donors (Lipinski definition) is 0. The van der Waals surface area contributed by atoms with Crippen LogP contribution in [-0.4, -0.2) is 9.91 Å². The predicted molar refractivity (Wildman–Crippen MR) is 66.2 cm³/mol. The lowest BCUT2D eigenvalue weighted by molar-refractivity contribution is -0.386. The molecule has 0 atom stereocenters. The second-order valence-electron chi connectivity index (χ2n) is 5.31. The summed E-state index contributed by atoms with van der Waals surface area (Å²) in [5.74, 6) is 0. The van der Waals surface area contributed by atoms with Crippen LogP contribution in [0.3, 0.4) is 0 Å². The van der Waals surface area contributed by atoms with E-state index < -0.39 is 0 Å². The Hall–Kier alpha value is -1.45. The van der Waals surface area contributed by atoms with Crippen LogP contribution in [0.15, 0.2) is 6.07 Å². The predicted octanol–water partition coefficient (Wildman–Crippen LogP) is 3.17. The van der Waals surface area contributed by atoms with E-state index in [1.165, 1.54) is 0 Å². The Kier molecular flexibility index (Phi) is 2.89. The van der Waals surface area contributed by atoms with Crippen molar-refractivity contribution in [1.29, 1.82) is 0 Å². The molecule has 0 spiro atoms. The second kappa shape index (κ2) is 4.09. The van der Waals surface area contributed by atoms with Crippen LogP contribution in [0, 0.1) is 10.1 Å². The number of pyridine rings is 1. The summed E-state index contributed by atoms with van der Waals surface area (Å²) in [6, 6.07) is 1.74. The van der Waals surface area contributed by atoms with E-state index in [4.69, 9.17) is 0 Å². The summed E-state index contributed by atoms with van der Waals surface area (Å²) in [6.45, 7) is 6.08. The minimum atomic E-state index is -0.293. The number of fused-ring (bicyclic) bond motifs is 1. The van der Waals surface area contributed by atoms with E-state index in [0.717, 1.165) is 36.9 Å². The number of hydrogen-bond acceptors (Lipinski definition) is 3. The molecule has 92 valence electrons. The van der Waals surface area contributed by atoms with Gasteiger partial charge in [-0.25, -0.2) is 4.98 Å². The van der Waals surface area contributed by atoms with Crippen molar-refractivity contribution in [1.82, 2.24) is 4.98 Å². The molecule has 0 amide bonds. The zero-order valence-electron chi connectivity index (χ0n) is 10.6. The van der Waals surface area contributed by atoms with Gasteiger partial charge in [0, 0.05) is 17.2 Å². The fourth-order valence-electron chi connectivity index (χ4n) is 2.26. The van der Waals surface area contributed by atoms with E-state index in [9.17, 15) is 10.1 Å². The van der Waals surface area contributed by atoms with Gasteiger partial charge in [-0.3, -0.25) is 10.1 Å². The monoisotopic (exact) mass is 234 g/mol. The highest BCUT2D eigenvalue weighted by atomic mass is 16.6. The number of nitro groups is 1. The Bertz CT molecular complexity index is 467. The van der Waals surface area contributed by atoms with Crippen molar-refractivity contribution in [2.75, 3.05) is 0 Å². The molecule has 0 saturated heterocycles. The normalized spacial score (nSPS) is 14.8. The highest BCUT2D eigenvalue weighted by molar-refractivity contribution is 5.45. The number of aryl methyl sites for hydroxylation is 2. The fourth-order valence-corrected chi connectivity index (χ4v) is 2.26. The van der Waals surface area contributed by atoms with Gasteiger partial charge in [0.15, 0.2) is 0 Å². The maximum atomic E-state index is 11.1. The largest absolute Gasteiger partial charge is 0.291 e. The quantitative estimate of drug-likeness (QED) is 0.596. The minimum absolute atomic E-state index is 0.192. The lowest BCUT2D eigenvalue weighted by Crippen LogP contribution is -2.20. The van der Waals surface area contributed by atoms with Crippen molar-refractivity contribution >= 4 is 5.69 Å². The van der Waals surface area contributed by atoms with Gasteiger partial charge in [-0.1, -0.05) is 20.8 Å². The van der Waals surface area contributed by atoms with Crippen molar-refractivity contribution in [3.8, 4) is 0 Å². The van der Waals surface area contributed by atoms with Crippen molar-refractivity contribution in [2.45, 2.75) is 51.9 Å². The third-order valence-corrected chi connectivity index (χ3v) is 3.75. The Labute approximate surface area is 101 Å². The Morgan fingerprint density at radius 2 is 2.18 bits per heavy atom. The smallest absolute Gasteiger partial charge is 0.258 e. The van der Waals surface area contributed by atoms with Gasteiger partial charge in [0.1, 0.15) is 5.69 Å². The van der Waals surface area contributed by atoms with E-state index >= 15 is 0 Å². The third kappa shape index (κ3) is 2.04. The lowest BCUT2D eigenvalue weighted by atomic mass is 9.84. The Morgan fingerprint density at radius 1 is 1.47 bits per heavy atom. The third-order valence-electron chi connectivity index (χ3n) is 3.75. The van der Waals surface area contributed by atoms with Gasteiger partial charge in [-0.05, 0) is 31.2 Å². The molecule has 1 aliphatic rings. The molecule has 17 heavy (non-hydrogen) atoms. The summed E-state index contributed by atoms with van der Waals surface area (Å²) in [7, 11) is 0. The second-order valence-corrected chi connectivity index (χ2v) is 5.31. The molecular formula is C13H18N2O2. The van der Waals surface area contributed by atoms with Crippen molar-refractivity contribution in [3.05, 3.63) is 33.1 Å². The van der Waals surface area contributed by atoms with Gasteiger partial charge in [0.05, 0.1) is 4.92 Å². The molecule has 1 aromatic rings. The van der Waals surface area contributed by atoms with Gasteiger partial charge in [0.25, 0.3) is 5.69 Å². The molecule has 0 radical (unpaired) electrons. The molecule has 1 heterocycles. The number of rotatable bonds is 3. The zero-order chi connectivity index (χ0) is 12.6. The standard InChI is InChI=1S/C13H18N2O2/c1-4-13(2,3)12-11(15(16)17)8-9-6-5-7-10(9)14-12/h8H,4-7H2,1-3H3. The van der Waals surface area contributed by atoms with Gasteiger partial charge in [-0.2, -0.15) is 0 Å². The molecule has 4 heteroatoms. The van der Waals surface area contributed by atoms with E-state index in [1.807, 2.05) is 20.8 Å². The van der Waals surface area contributed by atoms with Crippen LogP contribution in [0.5, 0.6) is 0 Å². The molecule has 0 fully saturated rings. The number of nitrogens with zero attached hydrogens (tertiary/aromatic N) is 2. The topological polar surface area (TPSA) is 56.0 Å². The Morgan fingerprint density at radius 3 is 2.76 bits per heavy atom. The Balaban J connectivity index is 2.60. The molecule has 0 saturated carbocycles. The molecule has 0 unspecified atom stereocenters. The maximum Gasteiger partial charge on any atom is 0.291 e. The lowest BCUT2D eigenvalue weighted by Gasteiger charge is -2.22. The molecule has 0 aliphatic heterocycles. The molecule has 4 nitrogen and oxygen atoms in total. The summed E-state index contributed by atoms with van der Waals surface area (Å²) in [5, 5.41) is 11.1. The van der Waals surface area contributed by atoms with Gasteiger partial charge < -0.3 is 0 Å². The van der Waals surface area contributed by atoms with Crippen LogP contribution >= 0.6 is 0 Å². The van der Waals surface area contributed by atoms with E-state index in [2.05, 4.69) is 4.98 Å². The molecule has 2 rings (SSSR count). The highest BCUT2D eigenvalue weighted by Crippen LogP contribution is 2.35. The first kappa shape index (κ1) is 12.0. The first-order valence-electron chi connectivity index (χ1n) is 6.13. The minimum Gasteiger partial charge on any atom is -0.258 e. The average molecular weight is 234 g/mol. The van der Waals surface area contributed by atoms with Crippen molar-refractivity contribution in [2.24, 2.45) is 0 Å². The van der Waals surface area contributed by atoms with E-state index in [1.54, 1.807) is 6.07 Å². The average Bonchev–Trinajstić information content (AvgIpc) is 2.74. The van der Waals surface area contributed by atoms with Crippen LogP contribution < -0.4 is 0 Å². The molecule has 0 N–H and O–H groups in total. The van der Waals surface area contributed by atoms with Gasteiger partial charge >= 0.3 is 0 Å². The van der Waals surface area contributed by atoms with Crippen LogP contribution in [-0.2, 0) is 18.3 Å². The SMILES string of the molecule is CCC(C)(C)c1nc2c(cc1[N+](=O)[O-])CCC2. The molecule has 1 aromatic heterocycles.